The van der Waals surface area contributed by atoms with Crippen molar-refractivity contribution in [3.05, 3.63) is 11.9 Å². The molecule has 0 saturated carbocycles. The van der Waals surface area contributed by atoms with Crippen LogP contribution in [0.5, 0.6) is 0 Å². The van der Waals surface area contributed by atoms with Gasteiger partial charge in [-0.3, -0.25) is 14.8 Å². The van der Waals surface area contributed by atoms with Crippen LogP contribution < -0.4 is 10.6 Å². The number of hydrogen-bond acceptors (Lipinski definition) is 4. The molecular weight excluding hydrogens is 248 g/mol. The standard InChI is InChI=1S/C9H14N4OS.ClH/c1-6-7(3-11-13(6)2)12-9(14)8-4-15-5-10-8;/h3,8,10H,4-5H2,1-2H3,(H,12,14);1H/t8-;/m1./s1. The number of nitrogens with zero attached hydrogens (tertiary/aromatic N) is 2. The molecular formula is C9H15ClN4OS. The van der Waals surface area contributed by atoms with E-state index in [9.17, 15) is 4.79 Å². The van der Waals surface area contributed by atoms with Gasteiger partial charge in [0.05, 0.1) is 23.6 Å². The van der Waals surface area contributed by atoms with Crippen molar-refractivity contribution < 1.29 is 4.79 Å². The highest BCUT2D eigenvalue weighted by Crippen LogP contribution is 2.15. The molecule has 1 fully saturated rings. The van der Waals surface area contributed by atoms with E-state index in [-0.39, 0.29) is 24.4 Å². The first-order valence-corrected chi connectivity index (χ1v) is 5.94. The molecule has 1 atom stereocenters. The monoisotopic (exact) mass is 262 g/mol. The number of halogens is 1. The number of anilines is 1. The number of aromatic nitrogens is 2. The molecule has 0 aromatic carbocycles. The van der Waals surface area contributed by atoms with Crippen molar-refractivity contribution in [3.8, 4) is 0 Å². The van der Waals surface area contributed by atoms with Gasteiger partial charge in [0.25, 0.3) is 0 Å². The van der Waals surface area contributed by atoms with E-state index in [1.165, 1.54) is 0 Å². The lowest BCUT2D eigenvalue weighted by Crippen LogP contribution is -2.37. The molecule has 1 aromatic heterocycles. The Kier molecular flexibility index (Phi) is 4.64. The summed E-state index contributed by atoms with van der Waals surface area (Å²) < 4.78 is 1.74. The van der Waals surface area contributed by atoms with Crippen LogP contribution in [0, 0.1) is 6.92 Å². The van der Waals surface area contributed by atoms with E-state index in [1.54, 1.807) is 22.6 Å². The fourth-order valence-electron chi connectivity index (χ4n) is 1.40. The van der Waals surface area contributed by atoms with Crippen LogP contribution in [0.2, 0.25) is 0 Å². The van der Waals surface area contributed by atoms with Gasteiger partial charge in [0.15, 0.2) is 0 Å². The molecule has 1 saturated heterocycles. The number of nitrogens with one attached hydrogen (secondary N) is 2. The number of carbonyl (C=O) groups excluding carboxylic acids is 1. The molecule has 7 heteroatoms. The Labute approximate surface area is 105 Å². The summed E-state index contributed by atoms with van der Waals surface area (Å²) in [6, 6.07) is -0.0744. The van der Waals surface area contributed by atoms with E-state index >= 15 is 0 Å². The Balaban J connectivity index is 0.00000128. The van der Waals surface area contributed by atoms with Gasteiger partial charge in [-0.15, -0.1) is 24.2 Å². The third-order valence-corrected chi connectivity index (χ3v) is 3.47. The maximum Gasteiger partial charge on any atom is 0.242 e. The fraction of sp³-hybridized carbons (Fsp3) is 0.556. The Hall–Kier alpha value is -0.720. The van der Waals surface area contributed by atoms with E-state index in [1.807, 2.05) is 14.0 Å². The maximum atomic E-state index is 11.8. The maximum absolute atomic E-state index is 11.8. The highest BCUT2D eigenvalue weighted by Gasteiger charge is 2.23. The van der Waals surface area contributed by atoms with E-state index in [0.29, 0.717) is 0 Å². The summed E-state index contributed by atoms with van der Waals surface area (Å²) in [7, 11) is 1.86. The summed E-state index contributed by atoms with van der Waals surface area (Å²) in [6.07, 6.45) is 1.68. The zero-order valence-corrected chi connectivity index (χ0v) is 10.8. The Morgan fingerprint density at radius 2 is 2.50 bits per heavy atom. The highest BCUT2D eigenvalue weighted by atomic mass is 35.5. The van der Waals surface area contributed by atoms with Crippen molar-refractivity contribution in [1.29, 1.82) is 0 Å². The first-order valence-electron chi connectivity index (χ1n) is 4.79. The van der Waals surface area contributed by atoms with Crippen LogP contribution in [0.25, 0.3) is 0 Å². The summed E-state index contributed by atoms with van der Waals surface area (Å²) >= 11 is 1.74. The zero-order chi connectivity index (χ0) is 10.8. The van der Waals surface area contributed by atoms with Gasteiger partial charge < -0.3 is 5.32 Å². The molecule has 2 N–H and O–H groups in total. The predicted octanol–water partition coefficient (Wildman–Crippen LogP) is 0.751. The van der Waals surface area contributed by atoms with E-state index in [2.05, 4.69) is 15.7 Å². The fourth-order valence-corrected chi connectivity index (χ4v) is 2.35. The van der Waals surface area contributed by atoms with Crippen molar-refractivity contribution >= 4 is 35.8 Å². The summed E-state index contributed by atoms with van der Waals surface area (Å²) in [5.74, 6) is 1.71. The van der Waals surface area contributed by atoms with Gasteiger partial charge >= 0.3 is 0 Å². The molecule has 2 rings (SSSR count). The van der Waals surface area contributed by atoms with E-state index in [4.69, 9.17) is 0 Å². The molecule has 16 heavy (non-hydrogen) atoms. The molecule has 1 aliphatic rings. The minimum atomic E-state index is -0.0744. The molecule has 2 heterocycles. The van der Waals surface area contributed by atoms with Crippen LogP contribution >= 0.6 is 24.2 Å². The molecule has 0 radical (unpaired) electrons. The molecule has 1 aromatic rings. The SMILES string of the molecule is Cc1c(NC(=O)[C@H]2CSCN2)cnn1C.Cl. The summed E-state index contributed by atoms with van der Waals surface area (Å²) in [5, 5.41) is 10.1. The lowest BCUT2D eigenvalue weighted by atomic mass is 10.3. The van der Waals surface area contributed by atoms with Crippen LogP contribution in [0.4, 0.5) is 5.69 Å². The van der Waals surface area contributed by atoms with Gasteiger partial charge in [-0.25, -0.2) is 0 Å². The number of carbonyl (C=O) groups is 1. The zero-order valence-electron chi connectivity index (χ0n) is 9.19. The van der Waals surface area contributed by atoms with Crippen molar-refractivity contribution in [3.63, 3.8) is 0 Å². The Bertz CT molecular complexity index is 376. The van der Waals surface area contributed by atoms with Crippen molar-refractivity contribution in [2.24, 2.45) is 7.05 Å². The molecule has 5 nitrogen and oxygen atoms in total. The second kappa shape index (κ2) is 5.56. The van der Waals surface area contributed by atoms with Gasteiger partial charge in [-0.1, -0.05) is 0 Å². The summed E-state index contributed by atoms with van der Waals surface area (Å²) in [5.41, 5.74) is 1.76. The summed E-state index contributed by atoms with van der Waals surface area (Å²) in [6.45, 7) is 1.93. The lowest BCUT2D eigenvalue weighted by molar-refractivity contribution is -0.117. The van der Waals surface area contributed by atoms with E-state index in [0.717, 1.165) is 23.0 Å². The molecule has 1 aliphatic heterocycles. The second-order valence-corrected chi connectivity index (χ2v) is 4.56. The largest absolute Gasteiger partial charge is 0.322 e. The summed E-state index contributed by atoms with van der Waals surface area (Å²) in [4.78, 5) is 11.8. The lowest BCUT2D eigenvalue weighted by Gasteiger charge is -2.09. The van der Waals surface area contributed by atoms with Crippen molar-refractivity contribution in [1.82, 2.24) is 15.1 Å². The molecule has 0 bridgehead atoms. The minimum absolute atomic E-state index is 0. The number of rotatable bonds is 2. The average molecular weight is 263 g/mol. The van der Waals surface area contributed by atoms with Crippen molar-refractivity contribution in [2.75, 3.05) is 16.9 Å². The number of aryl methyl sites for hydroxylation is 1. The Morgan fingerprint density at radius 3 is 3.00 bits per heavy atom. The van der Waals surface area contributed by atoms with Crippen LogP contribution in [0.3, 0.4) is 0 Å². The van der Waals surface area contributed by atoms with Gasteiger partial charge in [0, 0.05) is 18.7 Å². The van der Waals surface area contributed by atoms with Crippen LogP contribution in [0.15, 0.2) is 6.20 Å². The third-order valence-electron chi connectivity index (χ3n) is 2.53. The van der Waals surface area contributed by atoms with E-state index < -0.39 is 0 Å². The second-order valence-electron chi connectivity index (χ2n) is 3.53. The number of amides is 1. The number of hydrogen-bond donors (Lipinski definition) is 2. The normalized spacial score (nSPS) is 19.2. The topological polar surface area (TPSA) is 59.0 Å². The molecule has 1 amide bonds. The van der Waals surface area contributed by atoms with Crippen molar-refractivity contribution in [2.45, 2.75) is 13.0 Å². The van der Waals surface area contributed by atoms with Gasteiger partial charge in [0.2, 0.25) is 5.91 Å². The van der Waals surface area contributed by atoms with Crippen LogP contribution in [0.1, 0.15) is 5.69 Å². The third kappa shape index (κ3) is 2.69. The molecule has 0 spiro atoms. The molecule has 0 unspecified atom stereocenters. The van der Waals surface area contributed by atoms with Crippen LogP contribution in [-0.4, -0.2) is 33.4 Å². The predicted molar refractivity (Wildman–Crippen MR) is 68.1 cm³/mol. The van der Waals surface area contributed by atoms with Gasteiger partial charge in [0.1, 0.15) is 0 Å². The van der Waals surface area contributed by atoms with Gasteiger partial charge in [-0.2, -0.15) is 5.10 Å². The highest BCUT2D eigenvalue weighted by molar-refractivity contribution is 7.99. The first kappa shape index (κ1) is 13.3. The number of thioether (sulfide) groups is 1. The quantitative estimate of drug-likeness (QED) is 0.826. The Morgan fingerprint density at radius 1 is 1.75 bits per heavy atom. The minimum Gasteiger partial charge on any atom is -0.322 e. The smallest absolute Gasteiger partial charge is 0.242 e. The first-order chi connectivity index (χ1) is 7.18. The molecule has 0 aliphatic carbocycles. The average Bonchev–Trinajstić information content (AvgIpc) is 2.83. The molecule has 90 valence electrons. The van der Waals surface area contributed by atoms with Crippen LogP contribution in [-0.2, 0) is 11.8 Å². The van der Waals surface area contributed by atoms with Gasteiger partial charge in [-0.05, 0) is 6.92 Å².